The van der Waals surface area contributed by atoms with Crippen LogP contribution in [0, 0.1) is 11.6 Å². The highest BCUT2D eigenvalue weighted by Gasteiger charge is 2.47. The molecular weight excluding hydrogens is 589 g/mol. The van der Waals surface area contributed by atoms with Crippen molar-refractivity contribution in [3.05, 3.63) is 81.9 Å². The molecule has 12 nitrogen and oxygen atoms in total. The average Bonchev–Trinajstić information content (AvgIpc) is 3.64. The second kappa shape index (κ2) is 12.8. The molecule has 1 aliphatic heterocycles. The van der Waals surface area contributed by atoms with Gasteiger partial charge in [-0.2, -0.15) is 0 Å². The first-order chi connectivity index (χ1) is 19.8. The highest BCUT2D eigenvalue weighted by atomic mass is 35.5. The van der Waals surface area contributed by atoms with Crippen molar-refractivity contribution in [3.63, 3.8) is 0 Å². The molecule has 0 bridgehead atoms. The normalized spacial score (nSPS) is 22.8. The molecule has 2 unspecified atom stereocenters. The summed E-state index contributed by atoms with van der Waals surface area (Å²) in [5.41, 5.74) is 1.54. The van der Waals surface area contributed by atoms with E-state index in [1.807, 2.05) is 0 Å². The summed E-state index contributed by atoms with van der Waals surface area (Å²) in [5.74, 6) is -1.21. The Balaban J connectivity index is 1.29. The maximum absolute atomic E-state index is 13.9. The molecule has 2 aromatic carbocycles. The van der Waals surface area contributed by atoms with Crippen LogP contribution in [-0.2, 0) is 32.2 Å². The number of methoxy groups -OCH3 is 1. The van der Waals surface area contributed by atoms with Crippen molar-refractivity contribution in [1.29, 1.82) is 0 Å². The van der Waals surface area contributed by atoms with E-state index in [4.69, 9.17) is 42.1 Å². The Bertz CT molecular complexity index is 1490. The number of aromatic nitrogens is 6. The van der Waals surface area contributed by atoms with Crippen LogP contribution in [0.15, 0.2) is 48.8 Å². The van der Waals surface area contributed by atoms with E-state index >= 15 is 0 Å². The molecule has 0 amide bonds. The lowest BCUT2D eigenvalue weighted by Crippen LogP contribution is -2.60. The summed E-state index contributed by atoms with van der Waals surface area (Å²) in [6, 6.07) is 8.38. The fourth-order valence-electron chi connectivity index (χ4n) is 4.20. The van der Waals surface area contributed by atoms with Gasteiger partial charge < -0.3 is 29.2 Å². The van der Waals surface area contributed by atoms with Gasteiger partial charge in [-0.05, 0) is 24.3 Å². The van der Waals surface area contributed by atoms with Crippen LogP contribution in [0.1, 0.15) is 11.4 Å². The van der Waals surface area contributed by atoms with Gasteiger partial charge in [-0.1, -0.05) is 33.6 Å². The van der Waals surface area contributed by atoms with Crippen LogP contribution in [0.2, 0.25) is 10.0 Å². The molecule has 1 fully saturated rings. The Hall–Kier alpha value is -3.08. The van der Waals surface area contributed by atoms with Gasteiger partial charge in [-0.15, -0.1) is 10.2 Å². The van der Waals surface area contributed by atoms with Crippen molar-refractivity contribution >= 4 is 23.2 Å². The third-order valence-corrected chi connectivity index (χ3v) is 6.91. The number of benzene rings is 2. The van der Waals surface area contributed by atoms with Gasteiger partial charge in [0.25, 0.3) is 0 Å². The lowest BCUT2D eigenvalue weighted by molar-refractivity contribution is -0.314. The zero-order chi connectivity index (χ0) is 29.1. The summed E-state index contributed by atoms with van der Waals surface area (Å²) in [7, 11) is 1.38. The Labute approximate surface area is 241 Å². The highest BCUT2D eigenvalue weighted by molar-refractivity contribution is 6.31. The number of halogens is 4. The maximum atomic E-state index is 13.9. The smallest absolute Gasteiger partial charge is 0.186 e. The molecule has 0 spiro atoms. The van der Waals surface area contributed by atoms with Crippen LogP contribution in [0.3, 0.4) is 0 Å². The first-order valence-electron chi connectivity index (χ1n) is 12.2. The molecule has 2 aromatic heterocycles. The molecule has 5 atom stereocenters. The summed E-state index contributed by atoms with van der Waals surface area (Å²) in [6.45, 7) is -0.721. The molecular formula is C25H24Cl2F2N6O6. The van der Waals surface area contributed by atoms with Gasteiger partial charge in [-0.25, -0.2) is 18.1 Å². The molecule has 0 aliphatic carbocycles. The SMILES string of the molecule is CO[C@@H]1OC(CO)[C@H](O)[C@H](OCc2cn(-c3ccc(Cl)c(F)c3)nn2)C1OCc1cn(-c2ccc(Cl)c(F)c2)nn1. The predicted octanol–water partition coefficient (Wildman–Crippen LogP) is 2.63. The lowest BCUT2D eigenvalue weighted by Gasteiger charge is -2.43. The predicted molar refractivity (Wildman–Crippen MR) is 139 cm³/mol. The maximum Gasteiger partial charge on any atom is 0.186 e. The molecule has 1 saturated heterocycles. The Morgan fingerprint density at radius 3 is 1.85 bits per heavy atom. The second-order valence-corrected chi connectivity index (χ2v) is 9.82. The number of aliphatic hydroxyl groups excluding tert-OH is 2. The molecule has 0 radical (unpaired) electrons. The zero-order valence-electron chi connectivity index (χ0n) is 21.3. The van der Waals surface area contributed by atoms with Crippen molar-refractivity contribution in [1.82, 2.24) is 30.0 Å². The van der Waals surface area contributed by atoms with Crippen molar-refractivity contribution in [2.45, 2.75) is 43.9 Å². The third kappa shape index (κ3) is 6.55. The van der Waals surface area contributed by atoms with Crippen LogP contribution in [-0.4, -0.2) is 84.6 Å². The van der Waals surface area contributed by atoms with Gasteiger partial charge in [0.05, 0.1) is 53.6 Å². The first-order valence-corrected chi connectivity index (χ1v) is 13.0. The molecule has 218 valence electrons. The summed E-state index contributed by atoms with van der Waals surface area (Å²) in [6.07, 6.45) is -2.29. The minimum absolute atomic E-state index is 0.0208. The van der Waals surface area contributed by atoms with E-state index in [-0.39, 0.29) is 23.3 Å². The number of rotatable bonds is 10. The number of ether oxygens (including phenoxy) is 4. The third-order valence-electron chi connectivity index (χ3n) is 6.30. The summed E-state index contributed by atoms with van der Waals surface area (Å²) >= 11 is 11.5. The molecule has 0 saturated carbocycles. The van der Waals surface area contributed by atoms with Crippen LogP contribution in [0.4, 0.5) is 8.78 Å². The Kier molecular flexibility index (Phi) is 9.21. The highest BCUT2D eigenvalue weighted by Crippen LogP contribution is 2.28. The van der Waals surface area contributed by atoms with Crippen molar-refractivity contribution < 1.29 is 37.9 Å². The van der Waals surface area contributed by atoms with Crippen LogP contribution in [0.25, 0.3) is 11.4 Å². The monoisotopic (exact) mass is 612 g/mol. The van der Waals surface area contributed by atoms with Gasteiger partial charge >= 0.3 is 0 Å². The fourth-order valence-corrected chi connectivity index (χ4v) is 4.43. The van der Waals surface area contributed by atoms with Gasteiger partial charge in [0, 0.05) is 19.2 Å². The Morgan fingerprint density at radius 2 is 1.39 bits per heavy atom. The van der Waals surface area contributed by atoms with Gasteiger partial charge in [-0.3, -0.25) is 0 Å². The fraction of sp³-hybridized carbons (Fsp3) is 0.360. The quantitative estimate of drug-likeness (QED) is 0.275. The molecule has 3 heterocycles. The second-order valence-electron chi connectivity index (χ2n) is 9.01. The number of aliphatic hydroxyl groups is 2. The standard InChI is InChI=1S/C25H24Cl2F2N6O6/c1-38-25-24(40-12-14-9-35(33-31-14)16-3-5-18(27)20(29)7-16)23(22(37)21(10-36)41-25)39-11-13-8-34(32-30-13)15-2-4-17(26)19(28)6-15/h2-9,21-25,36-37H,10-12H2,1H3/t21?,22-,23-,24?,25+/m0/s1. The van der Waals surface area contributed by atoms with Gasteiger partial charge in [0.1, 0.15) is 47.4 Å². The van der Waals surface area contributed by atoms with Gasteiger partial charge in [0.15, 0.2) is 6.29 Å². The van der Waals surface area contributed by atoms with E-state index in [0.717, 1.165) is 0 Å². The van der Waals surface area contributed by atoms with Crippen LogP contribution >= 0.6 is 23.2 Å². The Morgan fingerprint density at radius 1 is 0.878 bits per heavy atom. The van der Waals surface area contributed by atoms with Crippen molar-refractivity contribution in [3.8, 4) is 11.4 Å². The van der Waals surface area contributed by atoms with Gasteiger partial charge in [0.2, 0.25) is 0 Å². The molecule has 2 N–H and O–H groups in total. The van der Waals surface area contributed by atoms with Crippen LogP contribution < -0.4 is 0 Å². The van der Waals surface area contributed by atoms with Crippen molar-refractivity contribution in [2.75, 3.05) is 13.7 Å². The summed E-state index contributed by atoms with van der Waals surface area (Å²) in [5, 5.41) is 36.6. The van der Waals surface area contributed by atoms with E-state index in [1.54, 1.807) is 12.1 Å². The molecule has 5 rings (SSSR count). The number of nitrogens with zero attached hydrogens (tertiary/aromatic N) is 6. The average molecular weight is 613 g/mol. The van der Waals surface area contributed by atoms with Crippen LogP contribution in [0.5, 0.6) is 0 Å². The largest absolute Gasteiger partial charge is 0.394 e. The van der Waals surface area contributed by atoms with E-state index in [2.05, 4.69) is 20.6 Å². The summed E-state index contributed by atoms with van der Waals surface area (Å²) < 4.78 is 53.5. The first kappa shape index (κ1) is 29.4. The van der Waals surface area contributed by atoms with Crippen molar-refractivity contribution in [2.24, 2.45) is 0 Å². The minimum atomic E-state index is -1.30. The van der Waals surface area contributed by atoms with E-state index in [9.17, 15) is 19.0 Å². The van der Waals surface area contributed by atoms with E-state index < -0.39 is 48.9 Å². The van der Waals surface area contributed by atoms with E-state index in [0.29, 0.717) is 22.8 Å². The molecule has 41 heavy (non-hydrogen) atoms. The summed E-state index contributed by atoms with van der Waals surface area (Å²) in [4.78, 5) is 0. The molecule has 4 aromatic rings. The molecule has 16 heteroatoms. The number of hydrogen-bond donors (Lipinski definition) is 2. The number of hydrogen-bond acceptors (Lipinski definition) is 10. The lowest BCUT2D eigenvalue weighted by atomic mass is 9.98. The minimum Gasteiger partial charge on any atom is -0.394 e. The zero-order valence-corrected chi connectivity index (χ0v) is 22.9. The van der Waals surface area contributed by atoms with E-state index in [1.165, 1.54) is 53.1 Å². The topological polar surface area (TPSA) is 139 Å². The molecule has 1 aliphatic rings.